The lowest BCUT2D eigenvalue weighted by Crippen LogP contribution is -2.22. The second-order valence-electron chi connectivity index (χ2n) is 3.32. The summed E-state index contributed by atoms with van der Waals surface area (Å²) in [6.07, 6.45) is 3.56. The van der Waals surface area contributed by atoms with Crippen molar-refractivity contribution in [2.24, 2.45) is 5.73 Å². The Hall–Kier alpha value is -0.670. The lowest BCUT2D eigenvalue weighted by molar-refractivity contribution is 0.555. The first-order valence-electron chi connectivity index (χ1n) is 4.10. The van der Waals surface area contributed by atoms with Gasteiger partial charge in [-0.2, -0.15) is 0 Å². The zero-order chi connectivity index (χ0) is 8.60. The van der Waals surface area contributed by atoms with Gasteiger partial charge in [-0.25, -0.2) is 4.39 Å². The molecule has 0 aromatic carbocycles. The molecule has 1 saturated carbocycles. The first-order chi connectivity index (χ1) is 5.78. The van der Waals surface area contributed by atoms with Crippen LogP contribution in [0.2, 0.25) is 0 Å². The Balaban J connectivity index is 0.000000845. The van der Waals surface area contributed by atoms with E-state index in [9.17, 15) is 4.39 Å². The Bertz CT molecular complexity index is 299. The molecule has 0 unspecified atom stereocenters. The lowest BCUT2D eigenvalue weighted by Gasteiger charge is -2.11. The van der Waals surface area contributed by atoms with Gasteiger partial charge >= 0.3 is 0 Å². The Labute approximate surface area is 82.8 Å². The highest BCUT2D eigenvalue weighted by molar-refractivity contribution is 5.85. The fraction of sp³-hybridized carbons (Fsp3) is 0.444. The van der Waals surface area contributed by atoms with Gasteiger partial charge in [-0.1, -0.05) is 0 Å². The number of hydrogen-bond donors (Lipinski definition) is 1. The summed E-state index contributed by atoms with van der Waals surface area (Å²) in [5.74, 6) is -0.222. The molecular weight excluding hydrogens is 191 g/mol. The minimum absolute atomic E-state index is 0. The molecule has 0 spiro atoms. The van der Waals surface area contributed by atoms with Crippen LogP contribution in [0.5, 0.6) is 0 Å². The number of rotatable bonds is 2. The van der Waals surface area contributed by atoms with Crippen molar-refractivity contribution in [2.75, 3.05) is 6.54 Å². The normalized spacial score (nSPS) is 17.7. The molecule has 13 heavy (non-hydrogen) atoms. The molecule has 0 atom stereocenters. The zero-order valence-electron chi connectivity index (χ0n) is 7.16. The highest BCUT2D eigenvalue weighted by Gasteiger charge is 2.45. The van der Waals surface area contributed by atoms with E-state index in [0.717, 1.165) is 12.8 Å². The van der Waals surface area contributed by atoms with Crippen LogP contribution in [0.1, 0.15) is 18.5 Å². The van der Waals surface area contributed by atoms with Crippen LogP contribution in [0.25, 0.3) is 0 Å². The number of aromatic nitrogens is 1. The molecule has 4 heteroatoms. The molecule has 1 heterocycles. The molecule has 0 saturated heterocycles. The van der Waals surface area contributed by atoms with Gasteiger partial charge in [0.15, 0.2) is 0 Å². The second kappa shape index (κ2) is 3.60. The van der Waals surface area contributed by atoms with Gasteiger partial charge in [0.1, 0.15) is 5.82 Å². The zero-order valence-corrected chi connectivity index (χ0v) is 7.98. The van der Waals surface area contributed by atoms with Gasteiger partial charge in [-0.05, 0) is 25.0 Å². The molecule has 72 valence electrons. The molecule has 2 nitrogen and oxygen atoms in total. The molecular formula is C9H12ClFN2. The van der Waals surface area contributed by atoms with Crippen LogP contribution >= 0.6 is 12.4 Å². The van der Waals surface area contributed by atoms with Crippen molar-refractivity contribution < 1.29 is 4.39 Å². The van der Waals surface area contributed by atoms with Crippen LogP contribution in [0.4, 0.5) is 4.39 Å². The summed E-state index contributed by atoms with van der Waals surface area (Å²) >= 11 is 0. The van der Waals surface area contributed by atoms with Crippen LogP contribution in [0, 0.1) is 5.82 Å². The summed E-state index contributed by atoms with van der Waals surface area (Å²) in [6, 6.07) is 3.05. The largest absolute Gasteiger partial charge is 0.330 e. The van der Waals surface area contributed by atoms with Gasteiger partial charge < -0.3 is 5.73 Å². The van der Waals surface area contributed by atoms with E-state index in [1.54, 1.807) is 12.3 Å². The van der Waals surface area contributed by atoms with Crippen molar-refractivity contribution in [2.45, 2.75) is 18.3 Å². The Morgan fingerprint density at radius 1 is 1.54 bits per heavy atom. The van der Waals surface area contributed by atoms with Gasteiger partial charge in [-0.3, -0.25) is 4.98 Å². The topological polar surface area (TPSA) is 38.9 Å². The Morgan fingerprint density at radius 3 is 2.69 bits per heavy atom. The molecule has 0 radical (unpaired) electrons. The summed E-state index contributed by atoms with van der Waals surface area (Å²) < 4.78 is 13.2. The van der Waals surface area contributed by atoms with Gasteiger partial charge in [-0.15, -0.1) is 12.4 Å². The van der Waals surface area contributed by atoms with E-state index in [1.165, 1.54) is 6.07 Å². The fourth-order valence-electron chi connectivity index (χ4n) is 1.46. The van der Waals surface area contributed by atoms with Gasteiger partial charge in [0.05, 0.1) is 5.69 Å². The van der Waals surface area contributed by atoms with Crippen LogP contribution in [-0.4, -0.2) is 11.5 Å². The van der Waals surface area contributed by atoms with Crippen molar-refractivity contribution in [1.82, 2.24) is 4.98 Å². The molecule has 1 aliphatic rings. The Kier molecular flexibility index (Phi) is 2.88. The van der Waals surface area contributed by atoms with E-state index in [0.29, 0.717) is 12.2 Å². The number of pyridine rings is 1. The average molecular weight is 203 g/mol. The maximum absolute atomic E-state index is 13.2. The molecule has 0 aliphatic heterocycles. The van der Waals surface area contributed by atoms with E-state index in [4.69, 9.17) is 5.73 Å². The van der Waals surface area contributed by atoms with E-state index >= 15 is 0 Å². The van der Waals surface area contributed by atoms with Crippen molar-refractivity contribution in [3.8, 4) is 0 Å². The predicted molar refractivity (Wildman–Crippen MR) is 51.4 cm³/mol. The average Bonchev–Trinajstić information content (AvgIpc) is 2.86. The maximum Gasteiger partial charge on any atom is 0.145 e. The van der Waals surface area contributed by atoms with Crippen LogP contribution in [0.15, 0.2) is 18.3 Å². The third-order valence-corrected chi connectivity index (χ3v) is 2.51. The maximum atomic E-state index is 13.2. The summed E-state index contributed by atoms with van der Waals surface area (Å²) in [7, 11) is 0. The highest BCUT2D eigenvalue weighted by atomic mass is 35.5. The quantitative estimate of drug-likeness (QED) is 0.792. The minimum atomic E-state index is -0.222. The van der Waals surface area contributed by atoms with E-state index in [2.05, 4.69) is 4.98 Å². The molecule has 0 amide bonds. The third-order valence-electron chi connectivity index (χ3n) is 2.51. The van der Waals surface area contributed by atoms with Crippen LogP contribution < -0.4 is 5.73 Å². The predicted octanol–water partition coefficient (Wildman–Crippen LogP) is 1.63. The van der Waals surface area contributed by atoms with E-state index < -0.39 is 0 Å². The van der Waals surface area contributed by atoms with Crippen LogP contribution in [-0.2, 0) is 5.41 Å². The number of halogens is 2. The minimum Gasteiger partial charge on any atom is -0.330 e. The number of nitrogens with zero attached hydrogens (tertiary/aromatic N) is 1. The number of nitrogens with two attached hydrogens (primary N) is 1. The van der Waals surface area contributed by atoms with Gasteiger partial charge in [0, 0.05) is 18.2 Å². The summed E-state index contributed by atoms with van der Waals surface area (Å²) in [5.41, 5.74) is 5.98. The molecule has 1 aliphatic carbocycles. The summed E-state index contributed by atoms with van der Waals surface area (Å²) in [5, 5.41) is 0. The van der Waals surface area contributed by atoms with Crippen molar-refractivity contribution in [1.29, 1.82) is 0 Å². The molecule has 2 rings (SSSR count). The van der Waals surface area contributed by atoms with Crippen molar-refractivity contribution in [3.63, 3.8) is 0 Å². The molecule has 1 aromatic rings. The molecule has 1 fully saturated rings. The van der Waals surface area contributed by atoms with Gasteiger partial charge in [0.2, 0.25) is 0 Å². The second-order valence-corrected chi connectivity index (χ2v) is 3.32. The first kappa shape index (κ1) is 10.4. The fourth-order valence-corrected chi connectivity index (χ4v) is 1.46. The Morgan fingerprint density at radius 2 is 2.23 bits per heavy atom. The third kappa shape index (κ3) is 1.67. The van der Waals surface area contributed by atoms with Gasteiger partial charge in [0.25, 0.3) is 0 Å². The van der Waals surface area contributed by atoms with Crippen molar-refractivity contribution >= 4 is 12.4 Å². The SMILES string of the molecule is Cl.NCC1(c2ncccc2F)CC1. The van der Waals surface area contributed by atoms with Crippen LogP contribution in [0.3, 0.4) is 0 Å². The van der Waals surface area contributed by atoms with E-state index in [1.807, 2.05) is 0 Å². The standard InChI is InChI=1S/C9H11FN2.ClH/c10-7-2-1-5-12-8(7)9(6-11)3-4-9;/h1-2,5H,3-4,6,11H2;1H. The summed E-state index contributed by atoms with van der Waals surface area (Å²) in [4.78, 5) is 4.03. The monoisotopic (exact) mass is 202 g/mol. The van der Waals surface area contributed by atoms with Crippen molar-refractivity contribution in [3.05, 3.63) is 29.8 Å². The number of hydrogen-bond acceptors (Lipinski definition) is 2. The smallest absolute Gasteiger partial charge is 0.145 e. The lowest BCUT2D eigenvalue weighted by atomic mass is 10.0. The molecule has 2 N–H and O–H groups in total. The van der Waals surface area contributed by atoms with E-state index in [-0.39, 0.29) is 23.6 Å². The first-order valence-corrected chi connectivity index (χ1v) is 4.10. The highest BCUT2D eigenvalue weighted by Crippen LogP contribution is 2.46. The molecule has 1 aromatic heterocycles. The summed E-state index contributed by atoms with van der Waals surface area (Å²) in [6.45, 7) is 0.501. The molecule has 0 bridgehead atoms.